The number of phenols is 1. The Hall–Kier alpha value is -1.82. The molecule has 20 heavy (non-hydrogen) atoms. The first-order valence-electron chi connectivity index (χ1n) is 7.05. The molecule has 0 aromatic heterocycles. The van der Waals surface area contributed by atoms with E-state index in [-0.39, 0.29) is 11.4 Å². The highest BCUT2D eigenvalue weighted by molar-refractivity contribution is 5.71. The van der Waals surface area contributed by atoms with Crippen molar-refractivity contribution in [3.8, 4) is 5.75 Å². The number of rotatable bonds is 4. The van der Waals surface area contributed by atoms with Crippen LogP contribution in [0.3, 0.4) is 0 Å². The highest BCUT2D eigenvalue weighted by Crippen LogP contribution is 2.39. The first-order chi connectivity index (χ1) is 9.56. The summed E-state index contributed by atoms with van der Waals surface area (Å²) in [5.74, 6) is -0.233. The first kappa shape index (κ1) is 14.6. The van der Waals surface area contributed by atoms with Crippen molar-refractivity contribution in [2.24, 2.45) is 0 Å². The highest BCUT2D eigenvalue weighted by atomic mass is 16.6. The number of hydrogen-bond acceptors (Lipinski definition) is 5. The van der Waals surface area contributed by atoms with Crippen LogP contribution in [0.4, 0.5) is 11.4 Å². The summed E-state index contributed by atoms with van der Waals surface area (Å²) in [4.78, 5) is 10.8. The lowest BCUT2D eigenvalue weighted by Gasteiger charge is -2.38. The standard InChI is InChI=1S/C14H21N3O3/c1-3-16(15-9-5-4-6-10-15)12-8-7-11(2)14(18)13(12)17(19)20/h7-8,18H,3-6,9-10H2,1-2H3. The van der Waals surface area contributed by atoms with E-state index in [0.717, 1.165) is 25.9 Å². The SMILES string of the molecule is CCN(c1ccc(C)c(O)c1[N+](=O)[O-])N1CCCCC1. The van der Waals surface area contributed by atoms with E-state index >= 15 is 0 Å². The number of nitro benzene ring substituents is 1. The molecule has 0 spiro atoms. The molecule has 1 heterocycles. The molecular formula is C14H21N3O3. The van der Waals surface area contributed by atoms with Crippen LogP contribution in [0.2, 0.25) is 0 Å². The summed E-state index contributed by atoms with van der Waals surface area (Å²) in [6, 6.07) is 3.45. The molecule has 1 fully saturated rings. The van der Waals surface area contributed by atoms with Crippen molar-refractivity contribution in [1.29, 1.82) is 0 Å². The summed E-state index contributed by atoms with van der Waals surface area (Å²) in [6.07, 6.45) is 3.40. The lowest BCUT2D eigenvalue weighted by Crippen LogP contribution is -2.45. The highest BCUT2D eigenvalue weighted by Gasteiger charge is 2.28. The fourth-order valence-corrected chi connectivity index (χ4v) is 2.70. The molecule has 0 unspecified atom stereocenters. The Morgan fingerprint density at radius 1 is 1.35 bits per heavy atom. The molecule has 6 heteroatoms. The summed E-state index contributed by atoms with van der Waals surface area (Å²) >= 11 is 0. The minimum Gasteiger partial charge on any atom is -0.502 e. The van der Waals surface area contributed by atoms with Crippen LogP contribution in [0.1, 0.15) is 31.7 Å². The van der Waals surface area contributed by atoms with E-state index in [2.05, 4.69) is 5.01 Å². The third-order valence-electron chi connectivity index (χ3n) is 3.77. The van der Waals surface area contributed by atoms with Gasteiger partial charge in [-0.2, -0.15) is 0 Å². The van der Waals surface area contributed by atoms with Crippen molar-refractivity contribution in [1.82, 2.24) is 5.01 Å². The summed E-state index contributed by atoms with van der Waals surface area (Å²) in [7, 11) is 0. The fraction of sp³-hybridized carbons (Fsp3) is 0.571. The molecular weight excluding hydrogens is 258 g/mol. The maximum Gasteiger partial charge on any atom is 0.335 e. The van der Waals surface area contributed by atoms with E-state index in [1.54, 1.807) is 19.1 Å². The molecule has 0 atom stereocenters. The van der Waals surface area contributed by atoms with Gasteiger partial charge in [0.2, 0.25) is 0 Å². The lowest BCUT2D eigenvalue weighted by atomic mass is 10.1. The second-order valence-corrected chi connectivity index (χ2v) is 5.09. The number of aromatic hydroxyl groups is 1. The van der Waals surface area contributed by atoms with Crippen LogP contribution >= 0.6 is 0 Å². The van der Waals surface area contributed by atoms with Crippen LogP contribution in [0, 0.1) is 17.0 Å². The number of nitro groups is 1. The molecule has 0 saturated carbocycles. The summed E-state index contributed by atoms with van der Waals surface area (Å²) < 4.78 is 0. The molecule has 0 aliphatic carbocycles. The van der Waals surface area contributed by atoms with Gasteiger partial charge in [-0.25, -0.2) is 5.01 Å². The Balaban J connectivity index is 2.43. The monoisotopic (exact) mass is 279 g/mol. The number of anilines is 1. The van der Waals surface area contributed by atoms with Crippen molar-refractivity contribution in [2.45, 2.75) is 33.1 Å². The molecule has 1 aliphatic rings. The molecule has 1 aromatic carbocycles. The van der Waals surface area contributed by atoms with Crippen LogP contribution in [-0.4, -0.2) is 34.7 Å². The average Bonchev–Trinajstić information content (AvgIpc) is 2.44. The molecule has 0 bridgehead atoms. The predicted molar refractivity (Wildman–Crippen MR) is 77.9 cm³/mol. The van der Waals surface area contributed by atoms with Gasteiger partial charge in [0, 0.05) is 19.6 Å². The van der Waals surface area contributed by atoms with Gasteiger partial charge in [-0.1, -0.05) is 12.5 Å². The average molecular weight is 279 g/mol. The van der Waals surface area contributed by atoms with Gasteiger partial charge in [-0.05, 0) is 38.3 Å². The Bertz CT molecular complexity index is 499. The van der Waals surface area contributed by atoms with Gasteiger partial charge in [-0.3, -0.25) is 15.1 Å². The third-order valence-corrected chi connectivity index (χ3v) is 3.77. The van der Waals surface area contributed by atoms with Gasteiger partial charge in [0.05, 0.1) is 4.92 Å². The number of aryl methyl sites for hydroxylation is 1. The Labute approximate surface area is 118 Å². The molecule has 6 nitrogen and oxygen atoms in total. The van der Waals surface area contributed by atoms with E-state index in [0.29, 0.717) is 17.8 Å². The van der Waals surface area contributed by atoms with Crippen LogP contribution in [0.15, 0.2) is 12.1 Å². The smallest absolute Gasteiger partial charge is 0.335 e. The predicted octanol–water partition coefficient (Wildman–Crippen LogP) is 2.84. The molecule has 2 rings (SSSR count). The van der Waals surface area contributed by atoms with Crippen molar-refractivity contribution >= 4 is 11.4 Å². The van der Waals surface area contributed by atoms with Crippen molar-refractivity contribution in [2.75, 3.05) is 24.6 Å². The van der Waals surface area contributed by atoms with Crippen LogP contribution in [0.5, 0.6) is 5.75 Å². The number of benzene rings is 1. The molecule has 110 valence electrons. The maximum atomic E-state index is 11.3. The van der Waals surface area contributed by atoms with Crippen LogP contribution in [-0.2, 0) is 0 Å². The summed E-state index contributed by atoms with van der Waals surface area (Å²) in [6.45, 7) is 6.08. The van der Waals surface area contributed by atoms with Crippen LogP contribution in [0.25, 0.3) is 0 Å². The number of hydrogen-bond donors (Lipinski definition) is 1. The van der Waals surface area contributed by atoms with Gasteiger partial charge >= 0.3 is 5.69 Å². The number of phenolic OH excluding ortho intramolecular Hbond substituents is 1. The van der Waals surface area contributed by atoms with E-state index in [4.69, 9.17) is 0 Å². The largest absolute Gasteiger partial charge is 0.502 e. The van der Waals surface area contributed by atoms with Crippen LogP contribution < -0.4 is 5.01 Å². The third kappa shape index (κ3) is 2.70. The number of nitrogens with zero attached hydrogens (tertiary/aromatic N) is 3. The second kappa shape index (κ2) is 6.09. The van der Waals surface area contributed by atoms with E-state index in [1.165, 1.54) is 6.42 Å². The molecule has 1 saturated heterocycles. The van der Waals surface area contributed by atoms with E-state index < -0.39 is 4.92 Å². The van der Waals surface area contributed by atoms with Gasteiger partial charge in [0.1, 0.15) is 5.69 Å². The second-order valence-electron chi connectivity index (χ2n) is 5.09. The molecule has 0 radical (unpaired) electrons. The molecule has 1 N–H and O–H groups in total. The van der Waals surface area contributed by atoms with Crippen molar-refractivity contribution < 1.29 is 10.0 Å². The summed E-state index contributed by atoms with van der Waals surface area (Å²) in [5.41, 5.74) is 0.801. The van der Waals surface area contributed by atoms with E-state index in [9.17, 15) is 15.2 Å². The Morgan fingerprint density at radius 2 is 2.00 bits per heavy atom. The number of hydrazine groups is 1. The quantitative estimate of drug-likeness (QED) is 0.678. The van der Waals surface area contributed by atoms with Gasteiger partial charge in [-0.15, -0.1) is 0 Å². The fourth-order valence-electron chi connectivity index (χ4n) is 2.70. The molecule has 1 aliphatic heterocycles. The Kier molecular flexibility index (Phi) is 4.44. The molecule has 1 aromatic rings. The first-order valence-corrected chi connectivity index (χ1v) is 7.05. The Morgan fingerprint density at radius 3 is 2.55 bits per heavy atom. The van der Waals surface area contributed by atoms with Gasteiger partial charge < -0.3 is 5.11 Å². The van der Waals surface area contributed by atoms with Crippen molar-refractivity contribution in [3.05, 3.63) is 27.8 Å². The molecule has 0 amide bonds. The minimum absolute atomic E-state index is 0.197. The zero-order valence-electron chi connectivity index (χ0n) is 12.0. The van der Waals surface area contributed by atoms with E-state index in [1.807, 2.05) is 11.9 Å². The van der Waals surface area contributed by atoms with Crippen molar-refractivity contribution in [3.63, 3.8) is 0 Å². The normalized spacial score (nSPS) is 16.1. The topological polar surface area (TPSA) is 69.8 Å². The zero-order chi connectivity index (χ0) is 14.7. The minimum atomic E-state index is -0.496. The number of piperidine rings is 1. The maximum absolute atomic E-state index is 11.3. The van der Waals surface area contributed by atoms with Gasteiger partial charge in [0.25, 0.3) is 0 Å². The summed E-state index contributed by atoms with van der Waals surface area (Å²) in [5, 5.41) is 25.4. The van der Waals surface area contributed by atoms with Gasteiger partial charge in [0.15, 0.2) is 5.75 Å². The lowest BCUT2D eigenvalue weighted by molar-refractivity contribution is -0.385. The zero-order valence-corrected chi connectivity index (χ0v) is 12.0.